The highest BCUT2D eigenvalue weighted by atomic mass is 15.1. The van der Waals surface area contributed by atoms with Crippen LogP contribution in [0.3, 0.4) is 0 Å². The molecule has 0 aliphatic carbocycles. The summed E-state index contributed by atoms with van der Waals surface area (Å²) in [6, 6.07) is 5.71. The molecule has 0 saturated heterocycles. The van der Waals surface area contributed by atoms with Crippen molar-refractivity contribution in [3.8, 4) is 11.3 Å². The van der Waals surface area contributed by atoms with Gasteiger partial charge in [0.05, 0.1) is 22.8 Å². The normalized spacial score (nSPS) is 10.8. The van der Waals surface area contributed by atoms with Crippen molar-refractivity contribution in [2.75, 3.05) is 5.73 Å². The molecule has 3 aromatic heterocycles. The number of nitrogens with two attached hydrogens (primary N) is 1. The number of hydrogen-bond donors (Lipinski definition) is 2. The summed E-state index contributed by atoms with van der Waals surface area (Å²) in [7, 11) is 0. The number of aromatic nitrogens is 4. The van der Waals surface area contributed by atoms with E-state index in [1.807, 2.05) is 18.2 Å². The second-order valence-electron chi connectivity index (χ2n) is 3.46. The number of hydrogen-bond acceptors (Lipinski definition) is 4. The maximum Gasteiger partial charge on any atom is 0.135 e. The van der Waals surface area contributed by atoms with Crippen LogP contribution >= 0.6 is 0 Å². The van der Waals surface area contributed by atoms with Gasteiger partial charge < -0.3 is 5.73 Å². The third-order valence-corrected chi connectivity index (χ3v) is 2.44. The first-order chi connectivity index (χ1) is 7.84. The van der Waals surface area contributed by atoms with Crippen LogP contribution in [0.1, 0.15) is 0 Å². The maximum absolute atomic E-state index is 5.85. The SMILES string of the molecule is Nc1nc(-c2ccncc2)cc2[nH]ncc12. The Hall–Kier alpha value is -2.43. The van der Waals surface area contributed by atoms with Crippen molar-refractivity contribution in [2.24, 2.45) is 0 Å². The van der Waals surface area contributed by atoms with E-state index >= 15 is 0 Å². The van der Waals surface area contributed by atoms with Crippen molar-refractivity contribution in [3.05, 3.63) is 36.8 Å². The Kier molecular flexibility index (Phi) is 1.83. The fraction of sp³-hybridized carbons (Fsp3) is 0. The van der Waals surface area contributed by atoms with Crippen LogP contribution in [0.25, 0.3) is 22.2 Å². The third-order valence-electron chi connectivity index (χ3n) is 2.44. The first-order valence-corrected chi connectivity index (χ1v) is 4.84. The van der Waals surface area contributed by atoms with Crippen LogP contribution in [0, 0.1) is 0 Å². The fourth-order valence-electron chi connectivity index (χ4n) is 1.64. The number of fused-ring (bicyclic) bond motifs is 1. The zero-order valence-electron chi connectivity index (χ0n) is 8.38. The zero-order valence-corrected chi connectivity index (χ0v) is 8.38. The number of nitrogen functional groups attached to an aromatic ring is 1. The number of anilines is 1. The summed E-state index contributed by atoms with van der Waals surface area (Å²) in [4.78, 5) is 8.30. The molecule has 5 heteroatoms. The Balaban J connectivity index is 2.25. The summed E-state index contributed by atoms with van der Waals surface area (Å²) in [5.74, 6) is 0.484. The molecular formula is C11H9N5. The van der Waals surface area contributed by atoms with Gasteiger partial charge in [0, 0.05) is 18.0 Å². The molecule has 3 aromatic rings. The monoisotopic (exact) mass is 211 g/mol. The second kappa shape index (κ2) is 3.30. The van der Waals surface area contributed by atoms with Gasteiger partial charge in [-0.3, -0.25) is 10.1 Å². The average Bonchev–Trinajstić information content (AvgIpc) is 2.79. The van der Waals surface area contributed by atoms with Gasteiger partial charge >= 0.3 is 0 Å². The molecule has 0 unspecified atom stereocenters. The van der Waals surface area contributed by atoms with Crippen molar-refractivity contribution in [3.63, 3.8) is 0 Å². The lowest BCUT2D eigenvalue weighted by molar-refractivity contribution is 1.12. The third kappa shape index (κ3) is 1.30. The maximum atomic E-state index is 5.85. The molecular weight excluding hydrogens is 202 g/mol. The molecule has 3 rings (SSSR count). The number of rotatable bonds is 1. The van der Waals surface area contributed by atoms with Gasteiger partial charge in [-0.1, -0.05) is 0 Å². The van der Waals surface area contributed by atoms with Crippen molar-refractivity contribution in [2.45, 2.75) is 0 Å². The molecule has 0 atom stereocenters. The summed E-state index contributed by atoms with van der Waals surface area (Å²) in [5, 5.41) is 7.67. The lowest BCUT2D eigenvalue weighted by atomic mass is 10.1. The number of nitrogens with one attached hydrogen (secondary N) is 1. The first kappa shape index (κ1) is 8.84. The molecule has 0 aliphatic rings. The Labute approximate surface area is 91.3 Å². The van der Waals surface area contributed by atoms with Gasteiger partial charge in [-0.2, -0.15) is 5.10 Å². The molecule has 0 aliphatic heterocycles. The largest absolute Gasteiger partial charge is 0.383 e. The van der Waals surface area contributed by atoms with Gasteiger partial charge in [-0.05, 0) is 18.2 Å². The minimum Gasteiger partial charge on any atom is -0.383 e. The van der Waals surface area contributed by atoms with E-state index in [1.54, 1.807) is 18.6 Å². The molecule has 0 saturated carbocycles. The van der Waals surface area contributed by atoms with Gasteiger partial charge in [-0.15, -0.1) is 0 Å². The molecule has 16 heavy (non-hydrogen) atoms. The van der Waals surface area contributed by atoms with E-state index in [4.69, 9.17) is 5.73 Å². The first-order valence-electron chi connectivity index (χ1n) is 4.84. The van der Waals surface area contributed by atoms with Crippen LogP contribution in [-0.4, -0.2) is 20.2 Å². The van der Waals surface area contributed by atoms with Crippen molar-refractivity contribution in [1.29, 1.82) is 0 Å². The number of H-pyrrole nitrogens is 1. The molecule has 0 aromatic carbocycles. The summed E-state index contributed by atoms with van der Waals surface area (Å²) < 4.78 is 0. The van der Waals surface area contributed by atoms with Crippen molar-refractivity contribution >= 4 is 16.7 Å². The topological polar surface area (TPSA) is 80.5 Å². The standard InChI is InChI=1S/C11H9N5/c12-11-8-6-14-16-10(8)5-9(15-11)7-1-3-13-4-2-7/h1-6H,(H2,12,15)(H,14,16). The summed E-state index contributed by atoms with van der Waals surface area (Å²) in [5.41, 5.74) is 8.54. The van der Waals surface area contributed by atoms with Crippen LogP contribution < -0.4 is 5.73 Å². The minimum atomic E-state index is 0.484. The van der Waals surface area contributed by atoms with Crippen LogP contribution in [0.4, 0.5) is 5.82 Å². The molecule has 3 N–H and O–H groups in total. The van der Waals surface area contributed by atoms with Gasteiger partial charge in [0.25, 0.3) is 0 Å². The van der Waals surface area contributed by atoms with Crippen LogP contribution in [0.15, 0.2) is 36.8 Å². The van der Waals surface area contributed by atoms with E-state index in [9.17, 15) is 0 Å². The van der Waals surface area contributed by atoms with E-state index in [0.29, 0.717) is 5.82 Å². The smallest absolute Gasteiger partial charge is 0.135 e. The highest BCUT2D eigenvalue weighted by Gasteiger charge is 2.06. The van der Waals surface area contributed by atoms with E-state index < -0.39 is 0 Å². The van der Waals surface area contributed by atoms with Gasteiger partial charge in [-0.25, -0.2) is 4.98 Å². The van der Waals surface area contributed by atoms with Gasteiger partial charge in [0.1, 0.15) is 5.82 Å². The predicted octanol–water partition coefficient (Wildman–Crippen LogP) is 1.60. The van der Waals surface area contributed by atoms with Crippen LogP contribution in [0.2, 0.25) is 0 Å². The van der Waals surface area contributed by atoms with Gasteiger partial charge in [0.2, 0.25) is 0 Å². The van der Waals surface area contributed by atoms with Crippen LogP contribution in [0.5, 0.6) is 0 Å². The molecule has 3 heterocycles. The Morgan fingerprint density at radius 1 is 1.19 bits per heavy atom. The summed E-state index contributed by atoms with van der Waals surface area (Å²) in [6.07, 6.45) is 5.13. The van der Waals surface area contributed by atoms with E-state index in [2.05, 4.69) is 20.2 Å². The molecule has 0 fully saturated rings. The lowest BCUT2D eigenvalue weighted by Gasteiger charge is -2.02. The molecule has 0 amide bonds. The Bertz CT molecular complexity index is 629. The molecule has 0 radical (unpaired) electrons. The van der Waals surface area contributed by atoms with E-state index in [-0.39, 0.29) is 0 Å². The molecule has 0 spiro atoms. The van der Waals surface area contributed by atoms with E-state index in [1.165, 1.54) is 0 Å². The number of pyridine rings is 2. The highest BCUT2D eigenvalue weighted by Crippen LogP contribution is 2.23. The highest BCUT2D eigenvalue weighted by molar-refractivity contribution is 5.90. The van der Waals surface area contributed by atoms with Crippen molar-refractivity contribution in [1.82, 2.24) is 20.2 Å². The lowest BCUT2D eigenvalue weighted by Crippen LogP contribution is -1.93. The number of nitrogens with zero attached hydrogens (tertiary/aromatic N) is 3. The molecule has 78 valence electrons. The zero-order chi connectivity index (χ0) is 11.0. The second-order valence-corrected chi connectivity index (χ2v) is 3.46. The van der Waals surface area contributed by atoms with E-state index in [0.717, 1.165) is 22.2 Å². The molecule has 0 bridgehead atoms. The quantitative estimate of drug-likeness (QED) is 0.640. The minimum absolute atomic E-state index is 0.484. The Morgan fingerprint density at radius 2 is 2.00 bits per heavy atom. The van der Waals surface area contributed by atoms with Gasteiger partial charge in [0.15, 0.2) is 0 Å². The van der Waals surface area contributed by atoms with Crippen LogP contribution in [-0.2, 0) is 0 Å². The summed E-state index contributed by atoms with van der Waals surface area (Å²) >= 11 is 0. The Morgan fingerprint density at radius 3 is 2.81 bits per heavy atom. The van der Waals surface area contributed by atoms with Crippen molar-refractivity contribution < 1.29 is 0 Å². The predicted molar refractivity (Wildman–Crippen MR) is 61.5 cm³/mol. The fourth-order valence-corrected chi connectivity index (χ4v) is 1.64. The molecule has 5 nitrogen and oxygen atoms in total. The summed E-state index contributed by atoms with van der Waals surface area (Å²) in [6.45, 7) is 0. The number of aromatic amines is 1. The average molecular weight is 211 g/mol.